The fourth-order valence-corrected chi connectivity index (χ4v) is 2.65. The van der Waals surface area contributed by atoms with E-state index in [-0.39, 0.29) is 6.04 Å². The molecule has 0 saturated carbocycles. The summed E-state index contributed by atoms with van der Waals surface area (Å²) < 4.78 is 1.09. The van der Waals surface area contributed by atoms with Crippen LogP contribution in [0, 0.1) is 5.41 Å². The Balaban J connectivity index is 2.90. The van der Waals surface area contributed by atoms with Crippen LogP contribution in [0.15, 0.2) is 22.7 Å². The first-order valence-electron chi connectivity index (χ1n) is 5.97. The van der Waals surface area contributed by atoms with Crippen LogP contribution < -0.4 is 10.6 Å². The third-order valence-electron chi connectivity index (χ3n) is 2.63. The SMILES string of the molecule is CC(N)c1ccc(N(C)CC(C)(C)C)cc1Br. The third kappa shape index (κ3) is 4.32. The summed E-state index contributed by atoms with van der Waals surface area (Å²) >= 11 is 3.59. The van der Waals surface area contributed by atoms with Gasteiger partial charge in [-0.15, -0.1) is 0 Å². The zero-order chi connectivity index (χ0) is 13.2. The molecule has 0 aliphatic heterocycles. The summed E-state index contributed by atoms with van der Waals surface area (Å²) in [4.78, 5) is 2.27. The largest absolute Gasteiger partial charge is 0.374 e. The maximum atomic E-state index is 5.90. The molecule has 1 unspecified atom stereocenters. The minimum atomic E-state index is 0.0614. The van der Waals surface area contributed by atoms with E-state index in [1.807, 2.05) is 6.92 Å². The summed E-state index contributed by atoms with van der Waals surface area (Å²) in [6, 6.07) is 6.44. The molecule has 2 N–H and O–H groups in total. The van der Waals surface area contributed by atoms with E-state index in [0.717, 1.165) is 16.6 Å². The molecular weight excluding hydrogens is 276 g/mol. The molecule has 3 heteroatoms. The summed E-state index contributed by atoms with van der Waals surface area (Å²) in [6.45, 7) is 9.76. The van der Waals surface area contributed by atoms with Crippen molar-refractivity contribution in [2.24, 2.45) is 11.1 Å². The first kappa shape index (κ1) is 14.5. The average molecular weight is 299 g/mol. The number of benzene rings is 1. The molecule has 0 aromatic heterocycles. The summed E-state index contributed by atoms with van der Waals surface area (Å²) in [5.41, 5.74) is 8.56. The van der Waals surface area contributed by atoms with Crippen LogP contribution in [0.25, 0.3) is 0 Å². The maximum Gasteiger partial charge on any atom is 0.0375 e. The summed E-state index contributed by atoms with van der Waals surface area (Å²) in [7, 11) is 2.12. The van der Waals surface area contributed by atoms with Gasteiger partial charge in [0, 0.05) is 29.8 Å². The van der Waals surface area contributed by atoms with Crippen LogP contribution in [0.4, 0.5) is 5.69 Å². The molecule has 0 aliphatic carbocycles. The van der Waals surface area contributed by atoms with Crippen molar-refractivity contribution in [3.63, 3.8) is 0 Å². The Hall–Kier alpha value is -0.540. The predicted octanol–water partition coefficient (Wildman–Crippen LogP) is 3.95. The number of hydrogen-bond acceptors (Lipinski definition) is 2. The van der Waals surface area contributed by atoms with Crippen molar-refractivity contribution in [2.45, 2.75) is 33.7 Å². The van der Waals surface area contributed by atoms with Gasteiger partial charge in [0.2, 0.25) is 0 Å². The van der Waals surface area contributed by atoms with E-state index in [0.29, 0.717) is 5.41 Å². The Morgan fingerprint density at radius 2 is 1.94 bits per heavy atom. The molecular formula is C14H23BrN2. The van der Waals surface area contributed by atoms with Crippen molar-refractivity contribution in [1.82, 2.24) is 0 Å². The fraction of sp³-hybridized carbons (Fsp3) is 0.571. The number of rotatable bonds is 3. The van der Waals surface area contributed by atoms with E-state index in [1.54, 1.807) is 0 Å². The Kier molecular flexibility index (Phi) is 4.62. The lowest BCUT2D eigenvalue weighted by molar-refractivity contribution is 0.419. The Morgan fingerprint density at radius 3 is 2.35 bits per heavy atom. The topological polar surface area (TPSA) is 29.3 Å². The molecule has 0 fully saturated rings. The number of hydrogen-bond donors (Lipinski definition) is 1. The van der Waals surface area contributed by atoms with Crippen LogP contribution in [0.5, 0.6) is 0 Å². The highest BCUT2D eigenvalue weighted by Crippen LogP contribution is 2.28. The maximum absolute atomic E-state index is 5.90. The average Bonchev–Trinajstić information content (AvgIpc) is 2.14. The van der Waals surface area contributed by atoms with Crippen LogP contribution >= 0.6 is 15.9 Å². The quantitative estimate of drug-likeness (QED) is 0.915. The number of anilines is 1. The second-order valence-corrected chi connectivity index (χ2v) is 6.77. The van der Waals surface area contributed by atoms with Gasteiger partial charge in [-0.1, -0.05) is 42.8 Å². The van der Waals surface area contributed by atoms with E-state index < -0.39 is 0 Å². The smallest absolute Gasteiger partial charge is 0.0375 e. The highest BCUT2D eigenvalue weighted by atomic mass is 79.9. The summed E-state index contributed by atoms with van der Waals surface area (Å²) in [5.74, 6) is 0. The Bertz CT molecular complexity index is 380. The molecule has 0 saturated heterocycles. The van der Waals surface area contributed by atoms with Gasteiger partial charge in [0.25, 0.3) is 0 Å². The van der Waals surface area contributed by atoms with Crippen molar-refractivity contribution < 1.29 is 0 Å². The first-order valence-corrected chi connectivity index (χ1v) is 6.76. The molecule has 0 spiro atoms. The van der Waals surface area contributed by atoms with Gasteiger partial charge in [-0.05, 0) is 30.0 Å². The second kappa shape index (κ2) is 5.40. The monoisotopic (exact) mass is 298 g/mol. The zero-order valence-electron chi connectivity index (χ0n) is 11.4. The lowest BCUT2D eigenvalue weighted by Crippen LogP contribution is -2.29. The highest BCUT2D eigenvalue weighted by molar-refractivity contribution is 9.10. The molecule has 1 aromatic carbocycles. The van der Waals surface area contributed by atoms with Gasteiger partial charge in [-0.25, -0.2) is 0 Å². The van der Waals surface area contributed by atoms with Crippen molar-refractivity contribution >= 4 is 21.6 Å². The molecule has 2 nitrogen and oxygen atoms in total. The molecule has 0 bridgehead atoms. The molecule has 1 atom stereocenters. The summed E-state index contributed by atoms with van der Waals surface area (Å²) in [5, 5.41) is 0. The molecule has 0 aliphatic rings. The standard InChI is InChI=1S/C14H23BrN2/c1-10(16)12-7-6-11(8-13(12)15)17(5)9-14(2,3)4/h6-8,10H,9,16H2,1-5H3. The lowest BCUT2D eigenvalue weighted by atomic mass is 9.96. The molecule has 1 rings (SSSR count). The van der Waals surface area contributed by atoms with Gasteiger partial charge < -0.3 is 10.6 Å². The lowest BCUT2D eigenvalue weighted by Gasteiger charge is -2.28. The van der Waals surface area contributed by atoms with E-state index >= 15 is 0 Å². The second-order valence-electron chi connectivity index (χ2n) is 5.91. The highest BCUT2D eigenvalue weighted by Gasteiger charge is 2.15. The van der Waals surface area contributed by atoms with E-state index in [2.05, 4.69) is 66.8 Å². The van der Waals surface area contributed by atoms with E-state index in [1.165, 1.54) is 5.69 Å². The zero-order valence-corrected chi connectivity index (χ0v) is 13.0. The first-order chi connectivity index (χ1) is 7.70. The Morgan fingerprint density at radius 1 is 1.35 bits per heavy atom. The fourth-order valence-electron chi connectivity index (χ4n) is 1.93. The van der Waals surface area contributed by atoms with Gasteiger partial charge in [0.1, 0.15) is 0 Å². The number of halogens is 1. The molecule has 1 aromatic rings. The van der Waals surface area contributed by atoms with Gasteiger partial charge in [-0.3, -0.25) is 0 Å². The van der Waals surface area contributed by atoms with Crippen LogP contribution in [0.3, 0.4) is 0 Å². The number of nitrogens with zero attached hydrogens (tertiary/aromatic N) is 1. The summed E-state index contributed by atoms with van der Waals surface area (Å²) in [6.07, 6.45) is 0. The van der Waals surface area contributed by atoms with Gasteiger partial charge >= 0.3 is 0 Å². The van der Waals surface area contributed by atoms with Crippen LogP contribution in [-0.4, -0.2) is 13.6 Å². The van der Waals surface area contributed by atoms with Crippen molar-refractivity contribution in [3.05, 3.63) is 28.2 Å². The Labute approximate surface area is 113 Å². The number of nitrogens with two attached hydrogens (primary N) is 1. The van der Waals surface area contributed by atoms with Crippen LogP contribution in [0.2, 0.25) is 0 Å². The predicted molar refractivity (Wildman–Crippen MR) is 79.5 cm³/mol. The third-order valence-corrected chi connectivity index (χ3v) is 3.31. The van der Waals surface area contributed by atoms with Gasteiger partial charge in [-0.2, -0.15) is 0 Å². The minimum Gasteiger partial charge on any atom is -0.374 e. The van der Waals surface area contributed by atoms with Gasteiger partial charge in [0.15, 0.2) is 0 Å². The van der Waals surface area contributed by atoms with E-state index in [4.69, 9.17) is 5.73 Å². The minimum absolute atomic E-state index is 0.0614. The molecule has 17 heavy (non-hydrogen) atoms. The molecule has 0 amide bonds. The van der Waals surface area contributed by atoms with E-state index in [9.17, 15) is 0 Å². The van der Waals surface area contributed by atoms with Gasteiger partial charge in [0.05, 0.1) is 0 Å². The molecule has 96 valence electrons. The van der Waals surface area contributed by atoms with Crippen LogP contribution in [0.1, 0.15) is 39.3 Å². The van der Waals surface area contributed by atoms with Crippen LogP contribution in [-0.2, 0) is 0 Å². The van der Waals surface area contributed by atoms with Crippen molar-refractivity contribution in [3.8, 4) is 0 Å². The molecule has 0 radical (unpaired) electrons. The van der Waals surface area contributed by atoms with Crippen molar-refractivity contribution in [2.75, 3.05) is 18.5 Å². The van der Waals surface area contributed by atoms with Crippen molar-refractivity contribution in [1.29, 1.82) is 0 Å². The normalized spacial score (nSPS) is 13.6. The molecule has 0 heterocycles.